The molecule has 134 valence electrons. The van der Waals surface area contributed by atoms with Crippen LogP contribution in [0.2, 0.25) is 5.02 Å². The molecular formula is C20H13ClFN3OS. The minimum atomic E-state index is -0.569. The summed E-state index contributed by atoms with van der Waals surface area (Å²) in [5.41, 5.74) is 1.43. The first-order valence-corrected chi connectivity index (χ1v) is 9.11. The molecule has 1 heterocycles. The van der Waals surface area contributed by atoms with Gasteiger partial charge in [0, 0.05) is 22.5 Å². The molecule has 7 heteroatoms. The molecule has 3 aromatic rings. The Kier molecular flexibility index (Phi) is 5.97. The van der Waals surface area contributed by atoms with E-state index in [4.69, 9.17) is 11.6 Å². The highest BCUT2D eigenvalue weighted by molar-refractivity contribution is 7.15. The van der Waals surface area contributed by atoms with Gasteiger partial charge in [-0.15, -0.1) is 11.3 Å². The minimum Gasteiger partial charge on any atom is -0.297 e. The van der Waals surface area contributed by atoms with Gasteiger partial charge >= 0.3 is 0 Å². The summed E-state index contributed by atoms with van der Waals surface area (Å²) < 4.78 is 13.0. The molecule has 4 nitrogen and oxygen atoms in total. The van der Waals surface area contributed by atoms with Crippen molar-refractivity contribution in [1.29, 1.82) is 5.26 Å². The van der Waals surface area contributed by atoms with E-state index in [0.717, 1.165) is 10.4 Å². The van der Waals surface area contributed by atoms with Crippen LogP contribution in [0.1, 0.15) is 16.0 Å². The van der Waals surface area contributed by atoms with Crippen LogP contribution in [0.15, 0.2) is 60.3 Å². The van der Waals surface area contributed by atoms with Gasteiger partial charge in [0.05, 0.1) is 0 Å². The first-order chi connectivity index (χ1) is 13.0. The van der Waals surface area contributed by atoms with E-state index < -0.39 is 5.91 Å². The molecule has 0 saturated heterocycles. The summed E-state index contributed by atoms with van der Waals surface area (Å²) in [4.78, 5) is 17.4. The van der Waals surface area contributed by atoms with Crippen LogP contribution in [0.4, 0.5) is 9.52 Å². The fraction of sp³-hybridized carbons (Fsp3) is 0.0500. The van der Waals surface area contributed by atoms with Crippen LogP contribution in [0.5, 0.6) is 0 Å². The Morgan fingerprint density at radius 3 is 2.70 bits per heavy atom. The van der Waals surface area contributed by atoms with E-state index in [9.17, 15) is 14.4 Å². The summed E-state index contributed by atoms with van der Waals surface area (Å²) >= 11 is 7.47. The van der Waals surface area contributed by atoms with E-state index in [1.165, 1.54) is 41.7 Å². The minimum absolute atomic E-state index is 0.0931. The molecule has 0 saturated carbocycles. The van der Waals surface area contributed by atoms with E-state index in [1.807, 2.05) is 30.3 Å². The standard InChI is InChI=1S/C20H13ClFN3OS/c21-18-4-2-1-3-14(18)10-17-12-24-20(27-17)25-19(26)15(11-23)9-13-5-7-16(22)8-6-13/h1-9,12H,10H2,(H,24,25,26)/b15-9+. The molecule has 27 heavy (non-hydrogen) atoms. The Balaban J connectivity index is 1.70. The second kappa shape index (κ2) is 8.58. The molecule has 3 rings (SSSR count). The third kappa shape index (κ3) is 5.00. The number of nitrogens with zero attached hydrogens (tertiary/aromatic N) is 2. The van der Waals surface area contributed by atoms with Crippen molar-refractivity contribution < 1.29 is 9.18 Å². The highest BCUT2D eigenvalue weighted by Gasteiger charge is 2.12. The van der Waals surface area contributed by atoms with Crippen LogP contribution in [-0.2, 0) is 11.2 Å². The lowest BCUT2D eigenvalue weighted by atomic mass is 10.1. The third-order valence-corrected chi connectivity index (χ3v) is 4.92. The first-order valence-electron chi connectivity index (χ1n) is 7.92. The molecule has 0 radical (unpaired) electrons. The lowest BCUT2D eigenvalue weighted by molar-refractivity contribution is -0.112. The van der Waals surface area contributed by atoms with Crippen LogP contribution in [0, 0.1) is 17.1 Å². The van der Waals surface area contributed by atoms with Crippen molar-refractivity contribution in [3.8, 4) is 6.07 Å². The number of benzene rings is 2. The van der Waals surface area contributed by atoms with Gasteiger partial charge in [-0.25, -0.2) is 9.37 Å². The highest BCUT2D eigenvalue weighted by atomic mass is 35.5. The summed E-state index contributed by atoms with van der Waals surface area (Å²) in [6, 6.07) is 14.9. The lowest BCUT2D eigenvalue weighted by Crippen LogP contribution is -2.13. The topological polar surface area (TPSA) is 65.8 Å². The molecular weight excluding hydrogens is 385 g/mol. The second-order valence-electron chi connectivity index (χ2n) is 5.58. The molecule has 0 aliphatic carbocycles. The maximum Gasteiger partial charge on any atom is 0.268 e. The molecule has 1 amide bonds. The molecule has 0 aliphatic heterocycles. The lowest BCUT2D eigenvalue weighted by Gasteiger charge is -2.01. The molecule has 1 aromatic heterocycles. The van der Waals surface area contributed by atoms with Crippen molar-refractivity contribution in [3.63, 3.8) is 0 Å². The van der Waals surface area contributed by atoms with Crippen molar-refractivity contribution in [2.24, 2.45) is 0 Å². The Hall–Kier alpha value is -3.01. The number of carbonyl (C=O) groups excluding carboxylic acids is 1. The highest BCUT2D eigenvalue weighted by Crippen LogP contribution is 2.25. The molecule has 0 unspecified atom stereocenters. The fourth-order valence-electron chi connectivity index (χ4n) is 2.32. The predicted octanol–water partition coefficient (Wildman–Crippen LogP) is 5.07. The fourth-order valence-corrected chi connectivity index (χ4v) is 3.35. The number of amides is 1. The zero-order chi connectivity index (χ0) is 19.2. The van der Waals surface area contributed by atoms with Crippen molar-refractivity contribution in [2.75, 3.05) is 5.32 Å². The Labute approximate surface area is 164 Å². The van der Waals surface area contributed by atoms with E-state index in [0.29, 0.717) is 22.1 Å². The number of nitrogens with one attached hydrogen (secondary N) is 1. The Morgan fingerprint density at radius 1 is 1.26 bits per heavy atom. The van der Waals surface area contributed by atoms with Crippen LogP contribution >= 0.6 is 22.9 Å². The molecule has 1 N–H and O–H groups in total. The number of thiazole rings is 1. The predicted molar refractivity (Wildman–Crippen MR) is 105 cm³/mol. The average Bonchev–Trinajstić information content (AvgIpc) is 3.10. The SMILES string of the molecule is N#C/C(=C\c1ccc(F)cc1)C(=O)Nc1ncc(Cc2ccccc2Cl)s1. The van der Waals surface area contributed by atoms with Gasteiger partial charge in [-0.05, 0) is 35.4 Å². The zero-order valence-electron chi connectivity index (χ0n) is 13.9. The number of aromatic nitrogens is 1. The summed E-state index contributed by atoms with van der Waals surface area (Å²) in [6.07, 6.45) is 3.66. The first kappa shape index (κ1) is 18.8. The molecule has 0 aliphatic rings. The Bertz CT molecular complexity index is 1040. The largest absolute Gasteiger partial charge is 0.297 e. The van der Waals surface area contributed by atoms with Crippen LogP contribution in [-0.4, -0.2) is 10.9 Å². The van der Waals surface area contributed by atoms with Crippen molar-refractivity contribution >= 4 is 40.1 Å². The van der Waals surface area contributed by atoms with E-state index >= 15 is 0 Å². The number of nitriles is 1. The normalized spacial score (nSPS) is 11.1. The van der Waals surface area contributed by atoms with Gasteiger partial charge in [-0.2, -0.15) is 5.26 Å². The molecule has 0 fully saturated rings. The van der Waals surface area contributed by atoms with E-state index in [1.54, 1.807) is 6.20 Å². The van der Waals surface area contributed by atoms with Gasteiger partial charge in [-0.3, -0.25) is 10.1 Å². The quantitative estimate of drug-likeness (QED) is 0.482. The number of rotatable bonds is 5. The van der Waals surface area contributed by atoms with Crippen LogP contribution in [0.3, 0.4) is 0 Å². The summed E-state index contributed by atoms with van der Waals surface area (Å²) in [6.45, 7) is 0. The van der Waals surface area contributed by atoms with Crippen molar-refractivity contribution in [3.05, 3.63) is 87.1 Å². The average molecular weight is 398 g/mol. The Morgan fingerprint density at radius 2 is 2.00 bits per heavy atom. The monoisotopic (exact) mass is 397 g/mol. The van der Waals surface area contributed by atoms with Gasteiger partial charge in [0.25, 0.3) is 5.91 Å². The van der Waals surface area contributed by atoms with E-state index in [-0.39, 0.29) is 11.4 Å². The van der Waals surface area contributed by atoms with Gasteiger partial charge in [0.15, 0.2) is 5.13 Å². The molecule has 0 atom stereocenters. The number of carbonyl (C=O) groups is 1. The molecule has 0 spiro atoms. The zero-order valence-corrected chi connectivity index (χ0v) is 15.5. The van der Waals surface area contributed by atoms with Crippen molar-refractivity contribution in [1.82, 2.24) is 4.98 Å². The number of hydrogen-bond donors (Lipinski definition) is 1. The maximum absolute atomic E-state index is 13.0. The smallest absolute Gasteiger partial charge is 0.268 e. The number of hydrogen-bond acceptors (Lipinski definition) is 4. The summed E-state index contributed by atoms with van der Waals surface area (Å²) in [5, 5.41) is 12.9. The molecule has 2 aromatic carbocycles. The third-order valence-electron chi connectivity index (χ3n) is 3.64. The van der Waals surface area contributed by atoms with Crippen LogP contribution in [0.25, 0.3) is 6.08 Å². The maximum atomic E-state index is 13.0. The molecule has 0 bridgehead atoms. The number of halogens is 2. The second-order valence-corrected chi connectivity index (χ2v) is 7.10. The van der Waals surface area contributed by atoms with Crippen molar-refractivity contribution in [2.45, 2.75) is 6.42 Å². The van der Waals surface area contributed by atoms with Gasteiger partial charge in [0.1, 0.15) is 17.5 Å². The van der Waals surface area contributed by atoms with Gasteiger partial charge in [-0.1, -0.05) is 41.9 Å². The summed E-state index contributed by atoms with van der Waals surface area (Å²) in [5.74, 6) is -0.954. The van der Waals surface area contributed by atoms with Gasteiger partial charge in [0.2, 0.25) is 0 Å². The number of anilines is 1. The summed E-state index contributed by atoms with van der Waals surface area (Å²) in [7, 11) is 0. The van der Waals surface area contributed by atoms with Gasteiger partial charge < -0.3 is 0 Å². The van der Waals surface area contributed by atoms with E-state index in [2.05, 4.69) is 10.3 Å². The van der Waals surface area contributed by atoms with Crippen LogP contribution < -0.4 is 5.32 Å².